The number of phenolic OH excluding ortho intramolecular Hbond substituents is 2. The fourth-order valence-electron chi connectivity index (χ4n) is 1.81. The van der Waals surface area contributed by atoms with Gasteiger partial charge in [-0.05, 0) is 12.1 Å². The lowest BCUT2D eigenvalue weighted by Crippen LogP contribution is -2.06. The van der Waals surface area contributed by atoms with Gasteiger partial charge in [0.1, 0.15) is 35.9 Å². The summed E-state index contributed by atoms with van der Waals surface area (Å²) in [6, 6.07) is 5.85. The summed E-state index contributed by atoms with van der Waals surface area (Å²) >= 11 is 0. The summed E-state index contributed by atoms with van der Waals surface area (Å²) in [5.74, 6) is 0.176. The molecule has 4 heterocycles. The van der Waals surface area contributed by atoms with Crippen molar-refractivity contribution in [2.75, 3.05) is 52.9 Å². The number of aromatic hydroxyl groups is 2. The Bertz CT molecular complexity index is 456. The number of epoxide rings is 4. The minimum atomic E-state index is 0.0880. The van der Waals surface area contributed by atoms with Crippen molar-refractivity contribution in [1.29, 1.82) is 0 Å². The maximum atomic E-state index is 8.65. The molecule has 0 amide bonds. The van der Waals surface area contributed by atoms with Crippen LogP contribution in [0, 0.1) is 0 Å². The maximum Gasteiger partial charge on any atom is 0.119 e. The van der Waals surface area contributed by atoms with Crippen molar-refractivity contribution < 1.29 is 38.6 Å². The van der Waals surface area contributed by atoms with Gasteiger partial charge in [0.2, 0.25) is 0 Å². The van der Waals surface area contributed by atoms with Gasteiger partial charge in [0.25, 0.3) is 0 Å². The molecule has 146 valence electrons. The minimum absolute atomic E-state index is 0.0880. The van der Waals surface area contributed by atoms with Crippen LogP contribution < -0.4 is 0 Å². The molecule has 1 aromatic carbocycles. The van der Waals surface area contributed by atoms with Gasteiger partial charge in [-0.25, -0.2) is 0 Å². The summed E-state index contributed by atoms with van der Waals surface area (Å²) < 4.78 is 30.2. The average Bonchev–Trinajstić information content (AvgIpc) is 3.45. The number of phenols is 2. The molecule has 8 heteroatoms. The molecular weight excluding hydrogens is 344 g/mol. The van der Waals surface area contributed by atoms with E-state index in [4.69, 9.17) is 38.6 Å². The molecule has 0 bridgehead atoms. The molecule has 0 radical (unpaired) electrons. The second-order valence-electron chi connectivity index (χ2n) is 6.42. The third-order valence-corrected chi connectivity index (χ3v) is 3.65. The highest BCUT2D eigenvalue weighted by Crippen LogP contribution is 2.15. The number of hydrogen-bond donors (Lipinski definition) is 2. The number of rotatable bonds is 8. The third kappa shape index (κ3) is 9.91. The largest absolute Gasteiger partial charge is 0.508 e. The molecule has 0 aliphatic carbocycles. The molecule has 26 heavy (non-hydrogen) atoms. The Morgan fingerprint density at radius 1 is 0.692 bits per heavy atom. The van der Waals surface area contributed by atoms with Crippen molar-refractivity contribution in [3.05, 3.63) is 24.3 Å². The fourth-order valence-corrected chi connectivity index (χ4v) is 1.81. The van der Waals surface area contributed by atoms with Crippen molar-refractivity contribution in [1.82, 2.24) is 0 Å². The van der Waals surface area contributed by atoms with E-state index in [1.54, 1.807) is 6.07 Å². The second-order valence-corrected chi connectivity index (χ2v) is 6.42. The van der Waals surface area contributed by atoms with Crippen LogP contribution in [0.15, 0.2) is 24.3 Å². The zero-order chi connectivity index (χ0) is 18.2. The lowest BCUT2D eigenvalue weighted by atomic mass is 10.3. The van der Waals surface area contributed by atoms with Crippen LogP contribution in [0.5, 0.6) is 11.5 Å². The second kappa shape index (κ2) is 10.1. The summed E-state index contributed by atoms with van der Waals surface area (Å²) in [4.78, 5) is 0. The first-order valence-electron chi connectivity index (χ1n) is 8.79. The molecule has 2 N–H and O–H groups in total. The normalized spacial score (nSPS) is 29.5. The van der Waals surface area contributed by atoms with Crippen LogP contribution in [0.4, 0.5) is 0 Å². The summed E-state index contributed by atoms with van der Waals surface area (Å²) in [7, 11) is 0. The van der Waals surface area contributed by atoms with Gasteiger partial charge in [0.05, 0.1) is 52.9 Å². The summed E-state index contributed by atoms with van der Waals surface area (Å²) in [5.41, 5.74) is 0. The first kappa shape index (κ1) is 19.3. The molecule has 0 spiro atoms. The van der Waals surface area contributed by atoms with Crippen LogP contribution in [-0.4, -0.2) is 87.5 Å². The Balaban J connectivity index is 0.000000113. The van der Waals surface area contributed by atoms with E-state index in [0.717, 1.165) is 52.9 Å². The lowest BCUT2D eigenvalue weighted by molar-refractivity contribution is 0.102. The van der Waals surface area contributed by atoms with Gasteiger partial charge in [0, 0.05) is 6.07 Å². The van der Waals surface area contributed by atoms with Crippen molar-refractivity contribution in [2.24, 2.45) is 0 Å². The Hall–Kier alpha value is -1.42. The van der Waals surface area contributed by atoms with Gasteiger partial charge in [-0.1, -0.05) is 6.07 Å². The lowest BCUT2D eigenvalue weighted by Gasteiger charge is -1.95. The van der Waals surface area contributed by atoms with E-state index in [2.05, 4.69) is 0 Å². The molecular formula is C18H26O8. The molecule has 8 nitrogen and oxygen atoms in total. The van der Waals surface area contributed by atoms with E-state index in [-0.39, 0.29) is 11.5 Å². The predicted octanol–water partition coefficient (Wildman–Crippen LogP) is 0.699. The molecule has 4 aliphatic heterocycles. The molecule has 1 aromatic rings. The maximum absolute atomic E-state index is 8.65. The minimum Gasteiger partial charge on any atom is -0.508 e. The number of benzene rings is 1. The summed E-state index contributed by atoms with van der Waals surface area (Å²) in [6.45, 7) is 6.52. The molecule has 4 unspecified atom stereocenters. The highest BCUT2D eigenvalue weighted by atomic mass is 16.6. The first-order chi connectivity index (χ1) is 12.7. The zero-order valence-corrected chi connectivity index (χ0v) is 14.6. The highest BCUT2D eigenvalue weighted by molar-refractivity contribution is 5.30. The molecule has 5 rings (SSSR count). The Kier molecular flexibility index (Phi) is 7.48. The average molecular weight is 370 g/mol. The van der Waals surface area contributed by atoms with Crippen LogP contribution in [-0.2, 0) is 28.4 Å². The summed E-state index contributed by atoms with van der Waals surface area (Å²) in [6.07, 6.45) is 1.57. The van der Waals surface area contributed by atoms with E-state index in [9.17, 15) is 0 Å². The van der Waals surface area contributed by atoms with Crippen LogP contribution in [0.2, 0.25) is 0 Å². The third-order valence-electron chi connectivity index (χ3n) is 3.65. The fraction of sp³-hybridized carbons (Fsp3) is 0.667. The van der Waals surface area contributed by atoms with E-state index in [1.165, 1.54) is 18.2 Å². The highest BCUT2D eigenvalue weighted by Gasteiger charge is 2.27. The smallest absolute Gasteiger partial charge is 0.119 e. The van der Waals surface area contributed by atoms with Crippen molar-refractivity contribution in [3.63, 3.8) is 0 Å². The number of hydrogen-bond acceptors (Lipinski definition) is 8. The zero-order valence-electron chi connectivity index (χ0n) is 14.6. The quantitative estimate of drug-likeness (QED) is 0.644. The van der Waals surface area contributed by atoms with Crippen LogP contribution in [0.1, 0.15) is 0 Å². The van der Waals surface area contributed by atoms with E-state index in [1.807, 2.05) is 0 Å². The monoisotopic (exact) mass is 370 g/mol. The van der Waals surface area contributed by atoms with Crippen molar-refractivity contribution >= 4 is 0 Å². The topological polar surface area (TPSA) is 109 Å². The molecule has 4 saturated heterocycles. The van der Waals surface area contributed by atoms with Gasteiger partial charge in [-0.2, -0.15) is 0 Å². The Morgan fingerprint density at radius 3 is 1.19 bits per heavy atom. The Labute approximate surface area is 152 Å². The van der Waals surface area contributed by atoms with Gasteiger partial charge >= 0.3 is 0 Å². The van der Waals surface area contributed by atoms with E-state index < -0.39 is 0 Å². The van der Waals surface area contributed by atoms with Crippen LogP contribution >= 0.6 is 0 Å². The Morgan fingerprint density at radius 2 is 1.00 bits per heavy atom. The predicted molar refractivity (Wildman–Crippen MR) is 90.4 cm³/mol. The van der Waals surface area contributed by atoms with Crippen molar-refractivity contribution in [3.8, 4) is 11.5 Å². The first-order valence-corrected chi connectivity index (χ1v) is 8.79. The van der Waals surface area contributed by atoms with Gasteiger partial charge < -0.3 is 38.6 Å². The van der Waals surface area contributed by atoms with Gasteiger partial charge in [-0.3, -0.25) is 0 Å². The van der Waals surface area contributed by atoms with E-state index in [0.29, 0.717) is 24.4 Å². The van der Waals surface area contributed by atoms with Crippen molar-refractivity contribution in [2.45, 2.75) is 24.4 Å². The molecule has 0 saturated carbocycles. The van der Waals surface area contributed by atoms with Crippen LogP contribution in [0.25, 0.3) is 0 Å². The standard InChI is InChI=1S/2C6H10O3.C6H6O2/c2*1(5-3-8-5)7-2-6-4-9-6;7-5-2-1-3-6(8)4-5/h2*5-6H,1-4H2;1-4,7-8H. The molecule has 0 aromatic heterocycles. The van der Waals surface area contributed by atoms with Crippen LogP contribution in [0.3, 0.4) is 0 Å². The van der Waals surface area contributed by atoms with E-state index >= 15 is 0 Å². The summed E-state index contributed by atoms with van der Waals surface area (Å²) in [5, 5.41) is 17.3. The van der Waals surface area contributed by atoms with Gasteiger partial charge in [-0.15, -0.1) is 0 Å². The molecule has 4 atom stereocenters. The van der Waals surface area contributed by atoms with Gasteiger partial charge in [0.15, 0.2) is 0 Å². The molecule has 4 aliphatic rings. The molecule has 4 fully saturated rings. The SMILES string of the molecule is C(OCC1CO1)C1CO1.C(OCC1CO1)C1CO1.Oc1cccc(O)c1. The number of ether oxygens (including phenoxy) is 6.